The van der Waals surface area contributed by atoms with Crippen molar-refractivity contribution in [3.05, 3.63) is 12.7 Å². The van der Waals surface area contributed by atoms with E-state index in [0.29, 0.717) is 6.42 Å². The van der Waals surface area contributed by atoms with E-state index in [4.69, 9.17) is 0 Å². The van der Waals surface area contributed by atoms with Gasteiger partial charge in [-0.25, -0.2) is 0 Å². The first-order valence-electron chi connectivity index (χ1n) is 3.58. The first kappa shape index (κ1) is 9.88. The van der Waals surface area contributed by atoms with Gasteiger partial charge in [0.05, 0.1) is 0 Å². The van der Waals surface area contributed by atoms with Gasteiger partial charge in [-0.15, -0.1) is 6.58 Å². The van der Waals surface area contributed by atoms with E-state index in [1.807, 2.05) is 0 Å². The summed E-state index contributed by atoms with van der Waals surface area (Å²) in [6.07, 6.45) is 3.71. The zero-order valence-corrected chi connectivity index (χ0v) is 6.72. The second-order valence-electron chi connectivity index (χ2n) is 2.29. The summed E-state index contributed by atoms with van der Waals surface area (Å²) >= 11 is 0. The van der Waals surface area contributed by atoms with Gasteiger partial charge in [-0.3, -0.25) is 14.9 Å². The number of imide groups is 1. The van der Waals surface area contributed by atoms with Crippen LogP contribution in [0.3, 0.4) is 0 Å². The molecule has 0 saturated carbocycles. The Labute approximate surface area is 66.5 Å². The molecule has 11 heavy (non-hydrogen) atoms. The fourth-order valence-corrected chi connectivity index (χ4v) is 0.666. The molecule has 0 rings (SSSR count). The van der Waals surface area contributed by atoms with E-state index in [2.05, 4.69) is 11.9 Å². The third kappa shape index (κ3) is 6.77. The Morgan fingerprint density at radius 1 is 1.55 bits per heavy atom. The summed E-state index contributed by atoms with van der Waals surface area (Å²) < 4.78 is 0. The Balaban J connectivity index is 3.37. The third-order valence-electron chi connectivity index (χ3n) is 1.13. The Bertz CT molecular complexity index is 163. The Morgan fingerprint density at radius 2 is 2.18 bits per heavy atom. The lowest BCUT2D eigenvalue weighted by Crippen LogP contribution is -2.27. The third-order valence-corrected chi connectivity index (χ3v) is 1.13. The molecule has 0 fully saturated rings. The number of carbonyl (C=O) groups is 2. The van der Waals surface area contributed by atoms with E-state index < -0.39 is 0 Å². The summed E-state index contributed by atoms with van der Waals surface area (Å²) in [5.41, 5.74) is 0. The van der Waals surface area contributed by atoms with Crippen LogP contribution in [0.2, 0.25) is 0 Å². The lowest BCUT2D eigenvalue weighted by atomic mass is 10.2. The molecular formula is C8H13NO2. The molecule has 0 aromatic carbocycles. The minimum atomic E-state index is -0.298. The highest BCUT2D eigenvalue weighted by atomic mass is 16.2. The molecule has 0 heterocycles. The summed E-state index contributed by atoms with van der Waals surface area (Å²) in [7, 11) is 0. The molecule has 2 amide bonds. The number of amides is 2. The Kier molecular flexibility index (Phi) is 5.07. The summed E-state index contributed by atoms with van der Waals surface area (Å²) in [6.45, 7) is 4.84. The van der Waals surface area contributed by atoms with Crippen molar-refractivity contribution in [2.45, 2.75) is 26.2 Å². The second kappa shape index (κ2) is 5.65. The zero-order chi connectivity index (χ0) is 8.69. The number of hydrogen-bond donors (Lipinski definition) is 1. The van der Waals surface area contributed by atoms with Gasteiger partial charge in [0.1, 0.15) is 0 Å². The molecule has 3 heteroatoms. The smallest absolute Gasteiger partial charge is 0.226 e. The van der Waals surface area contributed by atoms with E-state index in [0.717, 1.165) is 12.8 Å². The van der Waals surface area contributed by atoms with Gasteiger partial charge in [-0.1, -0.05) is 6.08 Å². The lowest BCUT2D eigenvalue weighted by Gasteiger charge is -1.97. The molecule has 0 spiro atoms. The predicted molar refractivity (Wildman–Crippen MR) is 42.9 cm³/mol. The van der Waals surface area contributed by atoms with Crippen molar-refractivity contribution in [2.75, 3.05) is 0 Å². The molecule has 0 aromatic rings. The van der Waals surface area contributed by atoms with Crippen molar-refractivity contribution < 1.29 is 9.59 Å². The van der Waals surface area contributed by atoms with Crippen molar-refractivity contribution in [1.82, 2.24) is 5.32 Å². The van der Waals surface area contributed by atoms with E-state index in [9.17, 15) is 9.59 Å². The van der Waals surface area contributed by atoms with E-state index in [-0.39, 0.29) is 11.8 Å². The quantitative estimate of drug-likeness (QED) is 0.486. The average molecular weight is 155 g/mol. The molecule has 1 N–H and O–H groups in total. The number of nitrogens with one attached hydrogen (secondary N) is 1. The highest BCUT2D eigenvalue weighted by molar-refractivity contribution is 5.93. The first-order valence-corrected chi connectivity index (χ1v) is 3.58. The van der Waals surface area contributed by atoms with Gasteiger partial charge in [0.2, 0.25) is 11.8 Å². The fourth-order valence-electron chi connectivity index (χ4n) is 0.666. The second-order valence-corrected chi connectivity index (χ2v) is 2.29. The van der Waals surface area contributed by atoms with E-state index in [1.165, 1.54) is 6.92 Å². The van der Waals surface area contributed by atoms with Crippen LogP contribution in [-0.2, 0) is 9.59 Å². The maximum Gasteiger partial charge on any atom is 0.226 e. The van der Waals surface area contributed by atoms with Crippen LogP contribution in [0, 0.1) is 0 Å². The average Bonchev–Trinajstić information content (AvgIpc) is 1.86. The predicted octanol–water partition coefficient (Wildman–Crippen LogP) is 1.01. The zero-order valence-electron chi connectivity index (χ0n) is 6.72. The molecule has 0 aromatic heterocycles. The van der Waals surface area contributed by atoms with Crippen molar-refractivity contribution in [3.8, 4) is 0 Å². The van der Waals surface area contributed by atoms with Gasteiger partial charge in [-0.05, 0) is 12.8 Å². The van der Waals surface area contributed by atoms with Crippen LogP contribution in [-0.4, -0.2) is 11.8 Å². The Hall–Kier alpha value is -1.12. The van der Waals surface area contributed by atoms with Crippen molar-refractivity contribution >= 4 is 11.8 Å². The number of carbonyl (C=O) groups excluding carboxylic acids is 2. The highest BCUT2D eigenvalue weighted by Crippen LogP contribution is 1.94. The van der Waals surface area contributed by atoms with Gasteiger partial charge < -0.3 is 0 Å². The molecule has 0 radical (unpaired) electrons. The minimum Gasteiger partial charge on any atom is -0.297 e. The molecule has 62 valence electrons. The molecule has 0 aliphatic heterocycles. The van der Waals surface area contributed by atoms with E-state index >= 15 is 0 Å². The van der Waals surface area contributed by atoms with Crippen LogP contribution in [0.5, 0.6) is 0 Å². The normalized spacial score (nSPS) is 8.82. The molecule has 3 nitrogen and oxygen atoms in total. The SMILES string of the molecule is C=CCCCC(=O)NC(C)=O. The Morgan fingerprint density at radius 3 is 2.64 bits per heavy atom. The van der Waals surface area contributed by atoms with Crippen molar-refractivity contribution in [2.24, 2.45) is 0 Å². The van der Waals surface area contributed by atoms with Crippen LogP contribution >= 0.6 is 0 Å². The highest BCUT2D eigenvalue weighted by Gasteiger charge is 2.00. The molecule has 0 bridgehead atoms. The van der Waals surface area contributed by atoms with Crippen LogP contribution in [0.25, 0.3) is 0 Å². The summed E-state index contributed by atoms with van der Waals surface area (Å²) in [5.74, 6) is -0.507. The molecule has 0 aliphatic carbocycles. The number of hydrogen-bond acceptors (Lipinski definition) is 2. The molecule has 0 aliphatic rings. The van der Waals surface area contributed by atoms with Crippen LogP contribution < -0.4 is 5.32 Å². The first-order chi connectivity index (χ1) is 5.16. The maximum atomic E-state index is 10.8. The number of allylic oxidation sites excluding steroid dienone is 1. The topological polar surface area (TPSA) is 46.2 Å². The number of unbranched alkanes of at least 4 members (excludes halogenated alkanes) is 1. The number of rotatable bonds is 4. The summed E-state index contributed by atoms with van der Waals surface area (Å²) in [6, 6.07) is 0. The van der Waals surface area contributed by atoms with Gasteiger partial charge >= 0.3 is 0 Å². The summed E-state index contributed by atoms with van der Waals surface area (Å²) in [5, 5.41) is 2.19. The lowest BCUT2D eigenvalue weighted by molar-refractivity contribution is -0.129. The summed E-state index contributed by atoms with van der Waals surface area (Å²) in [4.78, 5) is 21.1. The van der Waals surface area contributed by atoms with Gasteiger partial charge in [0, 0.05) is 13.3 Å². The van der Waals surface area contributed by atoms with Crippen molar-refractivity contribution in [3.63, 3.8) is 0 Å². The van der Waals surface area contributed by atoms with Gasteiger partial charge in [0.25, 0.3) is 0 Å². The van der Waals surface area contributed by atoms with Crippen LogP contribution in [0.15, 0.2) is 12.7 Å². The molecule has 0 unspecified atom stereocenters. The molecule has 0 saturated heterocycles. The minimum absolute atomic E-state index is 0.209. The standard InChI is InChI=1S/C8H13NO2/c1-3-4-5-6-8(11)9-7(2)10/h3H,1,4-6H2,2H3,(H,9,10,11). The van der Waals surface area contributed by atoms with Crippen molar-refractivity contribution in [1.29, 1.82) is 0 Å². The molecule has 0 atom stereocenters. The molecular weight excluding hydrogens is 142 g/mol. The van der Waals surface area contributed by atoms with E-state index in [1.54, 1.807) is 6.08 Å². The van der Waals surface area contributed by atoms with Gasteiger partial charge in [-0.2, -0.15) is 0 Å². The van der Waals surface area contributed by atoms with Crippen LogP contribution in [0.4, 0.5) is 0 Å². The monoisotopic (exact) mass is 155 g/mol. The fraction of sp³-hybridized carbons (Fsp3) is 0.500. The van der Waals surface area contributed by atoms with Gasteiger partial charge in [0.15, 0.2) is 0 Å². The largest absolute Gasteiger partial charge is 0.297 e. The maximum absolute atomic E-state index is 10.8. The van der Waals surface area contributed by atoms with Crippen LogP contribution in [0.1, 0.15) is 26.2 Å².